The molecular weight excluding hydrogens is 404 g/mol. The third kappa shape index (κ3) is 4.74. The lowest BCUT2D eigenvalue weighted by molar-refractivity contribution is -0.384. The van der Waals surface area contributed by atoms with Gasteiger partial charge < -0.3 is 15.5 Å². The first kappa shape index (κ1) is 22.1. The minimum atomic E-state index is -0.436. The second-order valence-corrected chi connectivity index (χ2v) is 8.01. The highest BCUT2D eigenvalue weighted by Crippen LogP contribution is 2.31. The predicted molar refractivity (Wildman–Crippen MR) is 119 cm³/mol. The Bertz CT molecular complexity index is 897. The molecule has 2 fully saturated rings. The number of rotatable bonds is 6. The number of nitro groups is 1. The van der Waals surface area contributed by atoms with E-state index in [-0.39, 0.29) is 30.0 Å². The molecule has 2 atom stereocenters. The van der Waals surface area contributed by atoms with Crippen molar-refractivity contribution < 1.29 is 9.72 Å². The molecule has 8 heteroatoms. The summed E-state index contributed by atoms with van der Waals surface area (Å²) in [4.78, 5) is 25.9. The highest BCUT2D eigenvalue weighted by atomic mass is 35.5. The van der Waals surface area contributed by atoms with Crippen molar-refractivity contribution in [3.8, 4) is 0 Å². The van der Waals surface area contributed by atoms with E-state index in [0.29, 0.717) is 29.9 Å². The van der Waals surface area contributed by atoms with Crippen LogP contribution in [0.15, 0.2) is 48.5 Å². The largest absolute Gasteiger partial charge is 0.375 e. The van der Waals surface area contributed by atoms with E-state index in [1.807, 2.05) is 37.4 Å². The van der Waals surface area contributed by atoms with Crippen LogP contribution in [0, 0.1) is 10.1 Å². The molecule has 160 valence electrons. The van der Waals surface area contributed by atoms with Gasteiger partial charge in [0.05, 0.1) is 4.92 Å². The van der Waals surface area contributed by atoms with Gasteiger partial charge in [-0.1, -0.05) is 30.3 Å². The van der Waals surface area contributed by atoms with Gasteiger partial charge in [0.1, 0.15) is 5.69 Å². The lowest BCUT2D eigenvalue weighted by Gasteiger charge is -2.35. The van der Waals surface area contributed by atoms with Crippen LogP contribution in [-0.2, 0) is 6.54 Å². The van der Waals surface area contributed by atoms with Crippen LogP contribution in [0.4, 0.5) is 11.4 Å². The minimum absolute atomic E-state index is 0. The Kier molecular flexibility index (Phi) is 6.95. The molecular formula is C22H27ClN4O3. The quantitative estimate of drug-likeness (QED) is 0.534. The first-order valence-corrected chi connectivity index (χ1v) is 10.1. The molecule has 7 nitrogen and oxygen atoms in total. The molecule has 2 aromatic carbocycles. The van der Waals surface area contributed by atoms with Crippen LogP contribution < -0.4 is 10.6 Å². The summed E-state index contributed by atoms with van der Waals surface area (Å²) in [5.74, 6) is -0.158. The number of benzene rings is 2. The smallest absolute Gasteiger partial charge is 0.293 e. The van der Waals surface area contributed by atoms with Crippen molar-refractivity contribution >= 4 is 29.7 Å². The average Bonchev–Trinajstić information content (AvgIpc) is 3.09. The van der Waals surface area contributed by atoms with E-state index in [0.717, 1.165) is 31.2 Å². The SMILES string of the molecule is CN(C(=O)c1ccc(NCc2ccccc2)c([N+](=O)[O-])c1)C1CC2CCC(C1)N2.Cl. The van der Waals surface area contributed by atoms with Gasteiger partial charge in [-0.05, 0) is 43.4 Å². The van der Waals surface area contributed by atoms with Crippen molar-refractivity contribution in [1.29, 1.82) is 0 Å². The Morgan fingerprint density at radius 1 is 1.17 bits per heavy atom. The zero-order valence-electron chi connectivity index (χ0n) is 16.9. The van der Waals surface area contributed by atoms with Crippen molar-refractivity contribution in [3.05, 3.63) is 69.8 Å². The highest BCUT2D eigenvalue weighted by Gasteiger charge is 2.36. The Morgan fingerprint density at radius 3 is 2.47 bits per heavy atom. The number of anilines is 1. The molecule has 2 aliphatic rings. The third-order valence-corrected chi connectivity index (χ3v) is 6.08. The molecule has 0 aromatic heterocycles. The van der Waals surface area contributed by atoms with E-state index in [1.165, 1.54) is 6.07 Å². The molecule has 2 unspecified atom stereocenters. The lowest BCUT2D eigenvalue weighted by Crippen LogP contribution is -2.48. The fourth-order valence-electron chi connectivity index (χ4n) is 4.47. The van der Waals surface area contributed by atoms with E-state index in [1.54, 1.807) is 17.0 Å². The topological polar surface area (TPSA) is 87.5 Å². The number of nitrogens with zero attached hydrogens (tertiary/aromatic N) is 2. The minimum Gasteiger partial charge on any atom is -0.375 e. The van der Waals surface area contributed by atoms with E-state index >= 15 is 0 Å². The van der Waals surface area contributed by atoms with Crippen LogP contribution in [0.25, 0.3) is 0 Å². The molecule has 0 aliphatic carbocycles. The van der Waals surface area contributed by atoms with Crippen molar-refractivity contribution in [2.24, 2.45) is 0 Å². The van der Waals surface area contributed by atoms with Gasteiger partial charge in [-0.2, -0.15) is 0 Å². The number of hydrogen-bond acceptors (Lipinski definition) is 5. The van der Waals surface area contributed by atoms with Crippen LogP contribution in [-0.4, -0.2) is 40.9 Å². The molecule has 2 aliphatic heterocycles. The molecule has 0 saturated carbocycles. The summed E-state index contributed by atoms with van der Waals surface area (Å²) in [6.45, 7) is 0.479. The van der Waals surface area contributed by atoms with Crippen molar-refractivity contribution in [2.45, 2.75) is 50.4 Å². The number of carbonyl (C=O) groups excluding carboxylic acids is 1. The summed E-state index contributed by atoms with van der Waals surface area (Å²) in [6.07, 6.45) is 4.21. The van der Waals surface area contributed by atoms with Gasteiger partial charge in [-0.25, -0.2) is 0 Å². The summed E-state index contributed by atoms with van der Waals surface area (Å²) in [5, 5.41) is 18.3. The maximum atomic E-state index is 13.0. The van der Waals surface area contributed by atoms with Crippen LogP contribution >= 0.6 is 12.4 Å². The predicted octanol–water partition coefficient (Wildman–Crippen LogP) is 3.98. The van der Waals surface area contributed by atoms with E-state index < -0.39 is 4.92 Å². The molecule has 2 heterocycles. The van der Waals surface area contributed by atoms with E-state index in [9.17, 15) is 14.9 Å². The molecule has 2 N–H and O–H groups in total. The lowest BCUT2D eigenvalue weighted by atomic mass is 9.98. The molecule has 30 heavy (non-hydrogen) atoms. The molecule has 2 saturated heterocycles. The van der Waals surface area contributed by atoms with Gasteiger partial charge in [-0.3, -0.25) is 14.9 Å². The van der Waals surface area contributed by atoms with Gasteiger partial charge in [0.15, 0.2) is 0 Å². The maximum Gasteiger partial charge on any atom is 0.293 e. The monoisotopic (exact) mass is 430 g/mol. The summed E-state index contributed by atoms with van der Waals surface area (Å²) in [6, 6.07) is 15.5. The zero-order valence-corrected chi connectivity index (χ0v) is 17.7. The number of fused-ring (bicyclic) bond motifs is 2. The van der Waals surface area contributed by atoms with Crippen LogP contribution in [0.5, 0.6) is 0 Å². The highest BCUT2D eigenvalue weighted by molar-refractivity contribution is 5.95. The first-order chi connectivity index (χ1) is 14.0. The Labute approximate surface area is 182 Å². The normalized spacial score (nSPS) is 22.1. The van der Waals surface area contributed by atoms with Crippen LogP contribution in [0.2, 0.25) is 0 Å². The number of amides is 1. The number of hydrogen-bond donors (Lipinski definition) is 2. The number of halogens is 1. The van der Waals surface area contributed by atoms with Gasteiger partial charge in [0, 0.05) is 43.3 Å². The molecule has 1 amide bonds. The standard InChI is InChI=1S/C22H26N4O3.ClH/c1-25(19-12-17-8-9-18(13-19)24-17)22(27)16-7-10-20(21(11-16)26(28)29)23-14-15-5-3-2-4-6-15;/h2-7,10-11,17-19,23-24H,8-9,12-14H2,1H3;1H. The summed E-state index contributed by atoms with van der Waals surface area (Å²) in [5.41, 5.74) is 1.72. The average molecular weight is 431 g/mol. The number of nitro benzene ring substituents is 1. The first-order valence-electron chi connectivity index (χ1n) is 10.1. The number of nitrogens with one attached hydrogen (secondary N) is 2. The molecule has 0 spiro atoms. The van der Waals surface area contributed by atoms with Gasteiger partial charge in [0.2, 0.25) is 0 Å². The molecule has 2 bridgehead atoms. The van der Waals surface area contributed by atoms with Gasteiger partial charge >= 0.3 is 0 Å². The fourth-order valence-corrected chi connectivity index (χ4v) is 4.47. The Morgan fingerprint density at radius 2 is 1.83 bits per heavy atom. The van der Waals surface area contributed by atoms with E-state index in [2.05, 4.69) is 10.6 Å². The van der Waals surface area contributed by atoms with Crippen molar-refractivity contribution in [2.75, 3.05) is 12.4 Å². The zero-order chi connectivity index (χ0) is 20.4. The summed E-state index contributed by atoms with van der Waals surface area (Å²) < 4.78 is 0. The summed E-state index contributed by atoms with van der Waals surface area (Å²) in [7, 11) is 1.81. The Balaban J connectivity index is 0.00000256. The van der Waals surface area contributed by atoms with E-state index in [4.69, 9.17) is 0 Å². The van der Waals surface area contributed by atoms with Gasteiger partial charge in [-0.15, -0.1) is 12.4 Å². The van der Waals surface area contributed by atoms with Crippen LogP contribution in [0.1, 0.15) is 41.6 Å². The molecule has 2 aromatic rings. The van der Waals surface area contributed by atoms with Gasteiger partial charge in [0.25, 0.3) is 11.6 Å². The molecule has 4 rings (SSSR count). The maximum absolute atomic E-state index is 13.0. The third-order valence-electron chi connectivity index (χ3n) is 6.08. The van der Waals surface area contributed by atoms with Crippen LogP contribution in [0.3, 0.4) is 0 Å². The second-order valence-electron chi connectivity index (χ2n) is 8.01. The second kappa shape index (κ2) is 9.45. The number of carbonyl (C=O) groups is 1. The number of piperidine rings is 1. The van der Waals surface area contributed by atoms with Crippen molar-refractivity contribution in [3.63, 3.8) is 0 Å². The van der Waals surface area contributed by atoms with Crippen molar-refractivity contribution in [1.82, 2.24) is 10.2 Å². The fraction of sp³-hybridized carbons (Fsp3) is 0.409. The summed E-state index contributed by atoms with van der Waals surface area (Å²) >= 11 is 0. The Hall–Kier alpha value is -2.64. The molecule has 0 radical (unpaired) electrons.